The van der Waals surface area contributed by atoms with Crippen LogP contribution in [0.3, 0.4) is 0 Å². The van der Waals surface area contributed by atoms with E-state index < -0.39 is 0 Å². The summed E-state index contributed by atoms with van der Waals surface area (Å²) in [5, 5.41) is 35.6. The van der Waals surface area contributed by atoms with E-state index >= 15 is 0 Å². The first-order valence-corrected chi connectivity index (χ1v) is 16.5. The van der Waals surface area contributed by atoms with Crippen molar-refractivity contribution in [3.8, 4) is 40.7 Å². The van der Waals surface area contributed by atoms with Crippen LogP contribution in [0.1, 0.15) is 16.7 Å². The minimum absolute atomic E-state index is 0.415. The number of hydrogen-bond acceptors (Lipinski definition) is 4. The van der Waals surface area contributed by atoms with E-state index in [9.17, 15) is 15.8 Å². The number of furan rings is 1. The number of fused-ring (bicyclic) bond motifs is 10. The van der Waals surface area contributed by atoms with Gasteiger partial charge in [0.15, 0.2) is 11.2 Å². The Morgan fingerprint density at radius 2 is 1.02 bits per heavy atom. The Morgan fingerprint density at radius 3 is 1.73 bits per heavy atom. The molecule has 0 N–H and O–H groups in total. The summed E-state index contributed by atoms with van der Waals surface area (Å²) in [6.07, 6.45) is 0. The maximum absolute atomic E-state index is 10.3. The molecule has 6 nitrogen and oxygen atoms in total. The fourth-order valence-corrected chi connectivity index (χ4v) is 7.84. The smallest absolute Gasteiger partial charge is 0.154 e. The standard InChI is InChI=1S/C45H23N5O/c46-24-27-18-19-40-37(20-27)34-13-1-3-16-38(34)49(40)32-11-5-8-28(21-32)29-9-6-12-33(22-29)50-39-17-4-2-14-35(39)42-41(50)23-31(26-48)45-43(42)36-15-7-10-30(25-47)44(36)51-45/h1-23H. The monoisotopic (exact) mass is 649 g/mol. The molecule has 0 aliphatic rings. The molecular weight excluding hydrogens is 627 g/mol. The van der Waals surface area contributed by atoms with E-state index in [2.05, 4.69) is 100 Å². The number of rotatable bonds is 3. The van der Waals surface area contributed by atoms with Gasteiger partial charge in [0.05, 0.1) is 44.8 Å². The minimum Gasteiger partial charge on any atom is -0.453 e. The second-order valence-corrected chi connectivity index (χ2v) is 12.7. The van der Waals surface area contributed by atoms with E-state index in [1.807, 2.05) is 60.7 Å². The van der Waals surface area contributed by atoms with Crippen molar-refractivity contribution in [2.75, 3.05) is 0 Å². The predicted octanol–water partition coefficient (Wildman–Crippen LogP) is 11.1. The van der Waals surface area contributed by atoms with Crippen molar-refractivity contribution in [1.29, 1.82) is 15.8 Å². The molecule has 0 radical (unpaired) electrons. The summed E-state index contributed by atoms with van der Waals surface area (Å²) in [6, 6.07) is 53.8. The highest BCUT2D eigenvalue weighted by atomic mass is 16.3. The van der Waals surface area contributed by atoms with Gasteiger partial charge in [-0.3, -0.25) is 0 Å². The van der Waals surface area contributed by atoms with Gasteiger partial charge >= 0.3 is 0 Å². The van der Waals surface area contributed by atoms with Gasteiger partial charge in [0.1, 0.15) is 12.1 Å². The molecule has 0 amide bonds. The number of nitriles is 3. The van der Waals surface area contributed by atoms with Crippen LogP contribution in [-0.4, -0.2) is 9.13 Å². The number of hydrogen-bond donors (Lipinski definition) is 0. The minimum atomic E-state index is 0.415. The molecule has 10 aromatic rings. The molecule has 0 saturated heterocycles. The molecule has 0 bridgehead atoms. The lowest BCUT2D eigenvalue weighted by molar-refractivity contribution is 0.666. The van der Waals surface area contributed by atoms with Crippen molar-refractivity contribution in [3.63, 3.8) is 0 Å². The molecule has 0 saturated carbocycles. The second-order valence-electron chi connectivity index (χ2n) is 12.7. The van der Waals surface area contributed by atoms with E-state index in [0.717, 1.165) is 76.9 Å². The van der Waals surface area contributed by atoms with Crippen LogP contribution in [0.4, 0.5) is 0 Å². The van der Waals surface area contributed by atoms with Crippen LogP contribution >= 0.6 is 0 Å². The summed E-state index contributed by atoms with van der Waals surface area (Å²) in [5.41, 5.74) is 10.6. The van der Waals surface area contributed by atoms with E-state index in [4.69, 9.17) is 4.42 Å². The van der Waals surface area contributed by atoms with Crippen LogP contribution < -0.4 is 0 Å². The summed E-state index contributed by atoms with van der Waals surface area (Å²) in [5.74, 6) is 0. The first-order chi connectivity index (χ1) is 25.2. The molecule has 0 spiro atoms. The van der Waals surface area contributed by atoms with Gasteiger partial charge in [0, 0.05) is 43.7 Å². The molecule has 10 rings (SSSR count). The molecule has 3 aromatic heterocycles. The van der Waals surface area contributed by atoms with Crippen LogP contribution in [0.2, 0.25) is 0 Å². The number of benzene rings is 7. The summed E-state index contributed by atoms with van der Waals surface area (Å²) >= 11 is 0. The highest BCUT2D eigenvalue weighted by Gasteiger charge is 2.23. The van der Waals surface area contributed by atoms with E-state index in [1.165, 1.54) is 0 Å². The molecule has 0 unspecified atom stereocenters. The highest BCUT2D eigenvalue weighted by molar-refractivity contribution is 6.28. The van der Waals surface area contributed by atoms with Crippen LogP contribution in [0.15, 0.2) is 144 Å². The molecule has 0 aliphatic heterocycles. The number of nitrogens with zero attached hydrogens (tertiary/aromatic N) is 5. The van der Waals surface area contributed by atoms with Crippen molar-refractivity contribution in [2.45, 2.75) is 0 Å². The van der Waals surface area contributed by atoms with Gasteiger partial charge in [0.25, 0.3) is 0 Å². The average Bonchev–Trinajstić information content (AvgIpc) is 3.85. The van der Waals surface area contributed by atoms with Gasteiger partial charge in [-0.25, -0.2) is 0 Å². The normalized spacial score (nSPS) is 11.5. The first-order valence-electron chi connectivity index (χ1n) is 16.5. The molecule has 0 fully saturated rings. The zero-order valence-electron chi connectivity index (χ0n) is 26.9. The van der Waals surface area contributed by atoms with Crippen LogP contribution in [0.25, 0.3) is 88.1 Å². The summed E-state index contributed by atoms with van der Waals surface area (Å²) in [4.78, 5) is 0. The average molecular weight is 650 g/mol. The van der Waals surface area contributed by atoms with Gasteiger partial charge in [0.2, 0.25) is 0 Å². The Hall–Kier alpha value is -7.59. The zero-order valence-corrected chi connectivity index (χ0v) is 26.9. The lowest BCUT2D eigenvalue weighted by Crippen LogP contribution is -1.96. The Labute approximate surface area is 291 Å². The molecular formula is C45H23N5O. The van der Waals surface area contributed by atoms with Gasteiger partial charge in [-0.05, 0) is 77.9 Å². The summed E-state index contributed by atoms with van der Waals surface area (Å²) < 4.78 is 10.8. The van der Waals surface area contributed by atoms with Crippen molar-refractivity contribution < 1.29 is 4.42 Å². The van der Waals surface area contributed by atoms with Crippen molar-refractivity contribution in [2.24, 2.45) is 0 Å². The lowest BCUT2D eigenvalue weighted by atomic mass is 10.0. The lowest BCUT2D eigenvalue weighted by Gasteiger charge is -2.13. The Morgan fingerprint density at radius 1 is 0.412 bits per heavy atom. The molecule has 6 heteroatoms. The predicted molar refractivity (Wildman–Crippen MR) is 202 cm³/mol. The Balaban J connectivity index is 1.20. The van der Waals surface area contributed by atoms with Crippen LogP contribution in [-0.2, 0) is 0 Å². The quantitative estimate of drug-likeness (QED) is 0.190. The van der Waals surface area contributed by atoms with Crippen molar-refractivity contribution >= 4 is 65.6 Å². The van der Waals surface area contributed by atoms with Gasteiger partial charge < -0.3 is 13.6 Å². The fraction of sp³-hybridized carbons (Fsp3) is 0. The van der Waals surface area contributed by atoms with E-state index in [1.54, 1.807) is 6.07 Å². The number of aromatic nitrogens is 2. The van der Waals surface area contributed by atoms with Gasteiger partial charge in [-0.15, -0.1) is 0 Å². The summed E-state index contributed by atoms with van der Waals surface area (Å²) in [6.45, 7) is 0. The summed E-state index contributed by atoms with van der Waals surface area (Å²) in [7, 11) is 0. The van der Waals surface area contributed by atoms with E-state index in [-0.39, 0.29) is 0 Å². The highest BCUT2D eigenvalue weighted by Crippen LogP contribution is 2.43. The van der Waals surface area contributed by atoms with E-state index in [0.29, 0.717) is 27.9 Å². The molecule has 51 heavy (non-hydrogen) atoms. The molecule has 7 aromatic carbocycles. The van der Waals surface area contributed by atoms with Gasteiger partial charge in [-0.1, -0.05) is 72.8 Å². The van der Waals surface area contributed by atoms with Crippen molar-refractivity contribution in [3.05, 3.63) is 156 Å². The SMILES string of the molecule is N#Cc1ccc2c(c1)c1ccccc1n2-c1cccc(-c2cccc(-n3c4ccccc4c4c5c(oc6c(C#N)cccc65)c(C#N)cc43)c2)c1. The second kappa shape index (κ2) is 10.7. The zero-order chi connectivity index (χ0) is 34.2. The number of para-hydroxylation sites is 3. The maximum Gasteiger partial charge on any atom is 0.154 e. The molecule has 3 heterocycles. The third kappa shape index (κ3) is 4.01. The fourth-order valence-electron chi connectivity index (χ4n) is 7.84. The largest absolute Gasteiger partial charge is 0.453 e. The Bertz CT molecular complexity index is 3240. The van der Waals surface area contributed by atoms with Crippen molar-refractivity contribution in [1.82, 2.24) is 9.13 Å². The maximum atomic E-state index is 10.3. The van der Waals surface area contributed by atoms with Gasteiger partial charge in [-0.2, -0.15) is 15.8 Å². The Kier molecular flexibility index (Phi) is 5.97. The van der Waals surface area contributed by atoms with Crippen LogP contribution in [0, 0.1) is 34.0 Å². The third-order valence-electron chi connectivity index (χ3n) is 9.99. The molecule has 0 aliphatic carbocycles. The first kappa shape index (κ1) is 28.4. The molecule has 0 atom stereocenters. The topological polar surface area (TPSA) is 94.4 Å². The third-order valence-corrected chi connectivity index (χ3v) is 9.99. The van der Waals surface area contributed by atoms with Crippen LogP contribution in [0.5, 0.6) is 0 Å². The molecule has 234 valence electrons.